The van der Waals surface area contributed by atoms with E-state index in [2.05, 4.69) is 40.8 Å². The molecule has 2 rings (SSSR count). The summed E-state index contributed by atoms with van der Waals surface area (Å²) in [6.45, 7) is 6.38. The number of nitrogens with zero attached hydrogens (tertiary/aromatic N) is 1. The molecule has 1 heterocycles. The highest BCUT2D eigenvalue weighted by molar-refractivity contribution is 6.83. The highest BCUT2D eigenvalue weighted by Gasteiger charge is 2.31. The van der Waals surface area contributed by atoms with Gasteiger partial charge in [0.2, 0.25) is 0 Å². The second-order valence-corrected chi connectivity index (χ2v) is 10.4. The molecule has 1 aromatic heterocycles. The van der Waals surface area contributed by atoms with Crippen LogP contribution in [0.2, 0.25) is 19.6 Å². The Morgan fingerprint density at radius 1 is 1.10 bits per heavy atom. The van der Waals surface area contributed by atoms with E-state index in [4.69, 9.17) is 0 Å². The third-order valence-corrected chi connectivity index (χ3v) is 3.37. The SMILES string of the molecule is C[Si](C)(C)C#Cc1cc2ccc(OC(F)(F)F)cc2cn1. The highest BCUT2D eigenvalue weighted by atomic mass is 28.3. The second-order valence-electron chi connectivity index (χ2n) is 5.63. The first-order chi connectivity index (χ1) is 9.62. The van der Waals surface area contributed by atoms with E-state index < -0.39 is 14.4 Å². The van der Waals surface area contributed by atoms with Crippen molar-refractivity contribution < 1.29 is 17.9 Å². The van der Waals surface area contributed by atoms with Crippen LogP contribution in [0.25, 0.3) is 10.8 Å². The van der Waals surface area contributed by atoms with Gasteiger partial charge in [0.15, 0.2) is 0 Å². The number of pyridine rings is 1. The van der Waals surface area contributed by atoms with Crippen LogP contribution in [0.3, 0.4) is 0 Å². The molecule has 0 aliphatic carbocycles. The second kappa shape index (κ2) is 5.41. The fourth-order valence-electron chi connectivity index (χ4n) is 1.64. The minimum absolute atomic E-state index is 0.252. The molecule has 2 aromatic rings. The van der Waals surface area contributed by atoms with Gasteiger partial charge in [-0.2, -0.15) is 0 Å². The molecule has 2 nitrogen and oxygen atoms in total. The smallest absolute Gasteiger partial charge is 0.406 e. The zero-order valence-corrected chi connectivity index (χ0v) is 12.9. The summed E-state index contributed by atoms with van der Waals surface area (Å²) in [6.07, 6.45) is -3.18. The lowest BCUT2D eigenvalue weighted by Crippen LogP contribution is -2.17. The maximum atomic E-state index is 12.2. The van der Waals surface area contributed by atoms with Crippen LogP contribution in [-0.4, -0.2) is 19.4 Å². The number of alkyl halides is 3. The van der Waals surface area contributed by atoms with Crippen LogP contribution in [-0.2, 0) is 0 Å². The van der Waals surface area contributed by atoms with Crippen LogP contribution in [0, 0.1) is 11.5 Å². The summed E-state index contributed by atoms with van der Waals surface area (Å²) in [4.78, 5) is 4.16. The van der Waals surface area contributed by atoms with Crippen LogP contribution >= 0.6 is 0 Å². The van der Waals surface area contributed by atoms with Gasteiger partial charge in [-0.25, -0.2) is 4.98 Å². The Balaban J connectivity index is 2.33. The summed E-state index contributed by atoms with van der Waals surface area (Å²) < 4.78 is 40.4. The minimum atomic E-state index is -4.69. The van der Waals surface area contributed by atoms with Crippen LogP contribution in [0.15, 0.2) is 30.5 Å². The first kappa shape index (κ1) is 15.4. The number of aromatic nitrogens is 1. The molecular formula is C15H14F3NOSi. The largest absolute Gasteiger partial charge is 0.573 e. The molecule has 0 spiro atoms. The van der Waals surface area contributed by atoms with Crippen molar-refractivity contribution in [1.82, 2.24) is 4.98 Å². The van der Waals surface area contributed by atoms with Crippen LogP contribution < -0.4 is 4.74 Å². The summed E-state index contributed by atoms with van der Waals surface area (Å²) in [5.41, 5.74) is 3.82. The van der Waals surface area contributed by atoms with Gasteiger partial charge in [0.05, 0.1) is 0 Å². The third kappa shape index (κ3) is 4.79. The number of halogens is 3. The molecule has 1 aromatic carbocycles. The molecule has 0 unspecified atom stereocenters. The number of ether oxygens (including phenoxy) is 1. The van der Waals surface area contributed by atoms with Crippen molar-refractivity contribution in [3.63, 3.8) is 0 Å². The summed E-state index contributed by atoms with van der Waals surface area (Å²) >= 11 is 0. The molecule has 0 aliphatic rings. The fourth-order valence-corrected chi connectivity index (χ4v) is 2.14. The molecule has 0 radical (unpaired) electrons. The van der Waals surface area contributed by atoms with Gasteiger partial charge in [0.1, 0.15) is 19.5 Å². The Kier molecular flexibility index (Phi) is 3.96. The van der Waals surface area contributed by atoms with E-state index in [9.17, 15) is 13.2 Å². The fraction of sp³-hybridized carbons (Fsp3) is 0.267. The topological polar surface area (TPSA) is 22.1 Å². The summed E-state index contributed by atoms with van der Waals surface area (Å²) in [7, 11) is -1.49. The van der Waals surface area contributed by atoms with Crippen molar-refractivity contribution >= 4 is 18.8 Å². The van der Waals surface area contributed by atoms with Gasteiger partial charge in [-0.05, 0) is 23.6 Å². The van der Waals surface area contributed by atoms with Gasteiger partial charge in [0, 0.05) is 11.6 Å². The van der Waals surface area contributed by atoms with Gasteiger partial charge < -0.3 is 4.74 Å². The van der Waals surface area contributed by atoms with Crippen molar-refractivity contribution in [1.29, 1.82) is 0 Å². The Morgan fingerprint density at radius 2 is 1.81 bits per heavy atom. The quantitative estimate of drug-likeness (QED) is 0.577. The number of fused-ring (bicyclic) bond motifs is 1. The molecule has 21 heavy (non-hydrogen) atoms. The first-order valence-corrected chi connectivity index (χ1v) is 9.81. The van der Waals surface area contributed by atoms with Crippen molar-refractivity contribution in [2.75, 3.05) is 0 Å². The molecule has 0 N–H and O–H groups in total. The van der Waals surface area contributed by atoms with E-state index >= 15 is 0 Å². The molecule has 0 atom stereocenters. The van der Waals surface area contributed by atoms with Crippen molar-refractivity contribution in [3.05, 3.63) is 36.2 Å². The lowest BCUT2D eigenvalue weighted by atomic mass is 10.1. The normalized spacial score (nSPS) is 11.9. The number of rotatable bonds is 1. The van der Waals surface area contributed by atoms with E-state index in [0.29, 0.717) is 11.1 Å². The molecule has 0 fully saturated rings. The molecular weight excluding hydrogens is 295 g/mol. The number of benzene rings is 1. The average molecular weight is 309 g/mol. The third-order valence-electron chi connectivity index (χ3n) is 2.49. The molecule has 110 valence electrons. The van der Waals surface area contributed by atoms with Crippen molar-refractivity contribution in [3.8, 4) is 17.2 Å². The van der Waals surface area contributed by atoms with Crippen molar-refractivity contribution in [2.45, 2.75) is 26.0 Å². The van der Waals surface area contributed by atoms with Gasteiger partial charge in [0.25, 0.3) is 0 Å². The van der Waals surface area contributed by atoms with Crippen molar-refractivity contribution in [2.24, 2.45) is 0 Å². The zero-order valence-electron chi connectivity index (χ0n) is 11.9. The Bertz CT molecular complexity index is 723. The van der Waals surface area contributed by atoms with Crippen LogP contribution in [0.1, 0.15) is 5.69 Å². The van der Waals surface area contributed by atoms with Crippen LogP contribution in [0.4, 0.5) is 13.2 Å². The van der Waals surface area contributed by atoms with E-state index in [1.54, 1.807) is 12.1 Å². The Hall–Kier alpha value is -2.00. The minimum Gasteiger partial charge on any atom is -0.406 e. The number of hydrogen-bond donors (Lipinski definition) is 0. The Morgan fingerprint density at radius 3 is 2.43 bits per heavy atom. The first-order valence-electron chi connectivity index (χ1n) is 6.31. The molecule has 0 amide bonds. The van der Waals surface area contributed by atoms with Gasteiger partial charge in [-0.15, -0.1) is 18.7 Å². The molecule has 0 aliphatic heterocycles. The predicted octanol–water partition coefficient (Wildman–Crippen LogP) is 4.36. The van der Waals surface area contributed by atoms with E-state index in [1.807, 2.05) is 0 Å². The molecule has 0 saturated heterocycles. The molecule has 6 heteroatoms. The summed E-state index contributed by atoms with van der Waals surface area (Å²) in [5, 5.41) is 1.36. The van der Waals surface area contributed by atoms with E-state index in [-0.39, 0.29) is 5.75 Å². The predicted molar refractivity (Wildman–Crippen MR) is 78.7 cm³/mol. The number of hydrogen-bond acceptors (Lipinski definition) is 2. The van der Waals surface area contributed by atoms with Crippen LogP contribution in [0.5, 0.6) is 5.75 Å². The monoisotopic (exact) mass is 309 g/mol. The standard InChI is InChI=1S/C15H14F3NOSi/c1-21(2,3)7-6-13-8-11-4-5-14(20-15(16,17)18)9-12(11)10-19-13/h4-5,8-10H,1-3H3. The van der Waals surface area contributed by atoms with Gasteiger partial charge in [-0.1, -0.05) is 31.6 Å². The maximum Gasteiger partial charge on any atom is 0.573 e. The van der Waals surface area contributed by atoms with E-state index in [0.717, 1.165) is 5.39 Å². The highest BCUT2D eigenvalue weighted by Crippen LogP contribution is 2.26. The van der Waals surface area contributed by atoms with Gasteiger partial charge in [-0.3, -0.25) is 0 Å². The zero-order chi connectivity index (χ0) is 15.7. The lowest BCUT2D eigenvalue weighted by Gasteiger charge is -2.09. The summed E-state index contributed by atoms with van der Waals surface area (Å²) in [5.74, 6) is 2.77. The summed E-state index contributed by atoms with van der Waals surface area (Å²) in [6, 6.07) is 5.93. The Labute approximate surface area is 122 Å². The molecule has 0 bridgehead atoms. The maximum absolute atomic E-state index is 12.2. The van der Waals surface area contributed by atoms with Gasteiger partial charge >= 0.3 is 6.36 Å². The van der Waals surface area contributed by atoms with E-state index in [1.165, 1.54) is 18.3 Å². The molecule has 0 saturated carbocycles. The average Bonchev–Trinajstić information content (AvgIpc) is 2.33. The lowest BCUT2D eigenvalue weighted by molar-refractivity contribution is -0.274.